The molecule has 16 heavy (non-hydrogen) atoms. The van der Waals surface area contributed by atoms with Gasteiger partial charge in [0, 0.05) is 43.6 Å². The van der Waals surface area contributed by atoms with Crippen LogP contribution in [0.4, 0.5) is 5.95 Å². The highest BCUT2D eigenvalue weighted by Gasteiger charge is 2.20. The molecule has 0 saturated heterocycles. The zero-order chi connectivity index (χ0) is 11.5. The number of nitrogens with zero attached hydrogens (tertiary/aromatic N) is 3. The van der Waals surface area contributed by atoms with E-state index in [4.69, 9.17) is 0 Å². The fraction of sp³-hybridized carbons (Fsp3) is 0.667. The molecule has 1 N–H and O–H groups in total. The topological polar surface area (TPSA) is 41.1 Å². The number of aryl methyl sites for hydroxylation is 1. The first kappa shape index (κ1) is 11.3. The molecule has 88 valence electrons. The molecular formula is C12H20N4. The lowest BCUT2D eigenvalue weighted by molar-refractivity contribution is 0.678. The van der Waals surface area contributed by atoms with Gasteiger partial charge in [0.25, 0.3) is 0 Å². The van der Waals surface area contributed by atoms with E-state index in [1.165, 1.54) is 18.4 Å². The molecule has 1 aliphatic rings. The Morgan fingerprint density at radius 1 is 1.50 bits per heavy atom. The Balaban J connectivity index is 2.02. The lowest BCUT2D eigenvalue weighted by atomic mass is 10.2. The predicted molar refractivity (Wildman–Crippen MR) is 65.6 cm³/mol. The number of hydrogen-bond acceptors (Lipinski definition) is 4. The quantitative estimate of drug-likeness (QED) is 0.816. The second-order valence-corrected chi connectivity index (χ2v) is 4.45. The van der Waals surface area contributed by atoms with Gasteiger partial charge in [-0.15, -0.1) is 0 Å². The minimum Gasteiger partial charge on any atom is -0.344 e. The molecule has 1 saturated carbocycles. The van der Waals surface area contributed by atoms with E-state index in [2.05, 4.69) is 29.1 Å². The summed E-state index contributed by atoms with van der Waals surface area (Å²) in [5.74, 6) is 0.815. The average Bonchev–Trinajstić information content (AvgIpc) is 3.10. The van der Waals surface area contributed by atoms with Crippen LogP contribution in [0.3, 0.4) is 0 Å². The molecule has 1 heterocycles. The van der Waals surface area contributed by atoms with Gasteiger partial charge < -0.3 is 10.2 Å². The van der Waals surface area contributed by atoms with Gasteiger partial charge in [-0.25, -0.2) is 9.97 Å². The molecule has 2 rings (SSSR count). The summed E-state index contributed by atoms with van der Waals surface area (Å²) in [7, 11) is 2.01. The van der Waals surface area contributed by atoms with Crippen LogP contribution in [-0.4, -0.2) is 29.6 Å². The van der Waals surface area contributed by atoms with Crippen molar-refractivity contribution in [1.82, 2.24) is 15.3 Å². The first-order valence-electron chi connectivity index (χ1n) is 5.97. The summed E-state index contributed by atoms with van der Waals surface area (Å²) < 4.78 is 0. The molecule has 1 aromatic rings. The maximum Gasteiger partial charge on any atom is 0.225 e. The van der Waals surface area contributed by atoms with Gasteiger partial charge in [-0.1, -0.05) is 0 Å². The van der Waals surface area contributed by atoms with Crippen molar-refractivity contribution in [3.05, 3.63) is 17.5 Å². The van der Waals surface area contributed by atoms with E-state index in [-0.39, 0.29) is 0 Å². The van der Waals surface area contributed by atoms with Gasteiger partial charge >= 0.3 is 0 Å². The van der Waals surface area contributed by atoms with Crippen LogP contribution >= 0.6 is 0 Å². The van der Waals surface area contributed by atoms with Crippen LogP contribution in [0.25, 0.3) is 0 Å². The Morgan fingerprint density at radius 2 is 2.25 bits per heavy atom. The molecule has 4 nitrogen and oxygen atoms in total. The van der Waals surface area contributed by atoms with Crippen molar-refractivity contribution in [2.24, 2.45) is 0 Å². The van der Waals surface area contributed by atoms with E-state index in [0.29, 0.717) is 0 Å². The molecule has 0 aliphatic heterocycles. The van der Waals surface area contributed by atoms with Crippen LogP contribution in [0.1, 0.15) is 31.0 Å². The van der Waals surface area contributed by atoms with Gasteiger partial charge in [-0.2, -0.15) is 0 Å². The van der Waals surface area contributed by atoms with Gasteiger partial charge in [0.1, 0.15) is 0 Å². The molecule has 1 aromatic heterocycles. The molecule has 1 fully saturated rings. The number of nitrogens with one attached hydrogen (secondary N) is 1. The Kier molecular flexibility index (Phi) is 3.39. The van der Waals surface area contributed by atoms with Gasteiger partial charge in [0.15, 0.2) is 0 Å². The van der Waals surface area contributed by atoms with Crippen molar-refractivity contribution in [2.75, 3.05) is 18.5 Å². The van der Waals surface area contributed by atoms with Crippen molar-refractivity contribution < 1.29 is 0 Å². The van der Waals surface area contributed by atoms with Crippen molar-refractivity contribution in [3.8, 4) is 0 Å². The summed E-state index contributed by atoms with van der Waals surface area (Å²) in [6, 6.07) is 0.734. The lowest BCUT2D eigenvalue weighted by Crippen LogP contribution is -2.21. The minimum atomic E-state index is 0.734. The van der Waals surface area contributed by atoms with E-state index in [0.717, 1.165) is 30.8 Å². The summed E-state index contributed by atoms with van der Waals surface area (Å²) in [5, 5.41) is 3.48. The number of hydrogen-bond donors (Lipinski definition) is 1. The molecule has 0 amide bonds. The molecular weight excluding hydrogens is 200 g/mol. The average molecular weight is 220 g/mol. The largest absolute Gasteiger partial charge is 0.344 e. The fourth-order valence-electron chi connectivity index (χ4n) is 1.52. The monoisotopic (exact) mass is 220 g/mol. The maximum absolute atomic E-state index is 4.52. The summed E-state index contributed by atoms with van der Waals surface area (Å²) in [5.41, 5.74) is 2.29. The van der Waals surface area contributed by atoms with E-state index in [9.17, 15) is 0 Å². The van der Waals surface area contributed by atoms with Crippen LogP contribution in [0.2, 0.25) is 0 Å². The Bertz CT molecular complexity index is 360. The highest BCUT2D eigenvalue weighted by atomic mass is 15.2. The SMILES string of the molecule is CCN(C)c1ncc(CNC2CC2)c(C)n1. The second-order valence-electron chi connectivity index (χ2n) is 4.45. The zero-order valence-electron chi connectivity index (χ0n) is 10.3. The third kappa shape index (κ3) is 2.70. The summed E-state index contributed by atoms with van der Waals surface area (Å²) in [4.78, 5) is 10.9. The lowest BCUT2D eigenvalue weighted by Gasteiger charge is -2.15. The first-order valence-corrected chi connectivity index (χ1v) is 5.97. The Hall–Kier alpha value is -1.16. The Morgan fingerprint density at radius 3 is 2.81 bits per heavy atom. The van der Waals surface area contributed by atoms with Crippen LogP contribution in [-0.2, 0) is 6.54 Å². The maximum atomic E-state index is 4.52. The minimum absolute atomic E-state index is 0.734. The second kappa shape index (κ2) is 4.78. The summed E-state index contributed by atoms with van der Waals surface area (Å²) >= 11 is 0. The summed E-state index contributed by atoms with van der Waals surface area (Å²) in [6.07, 6.45) is 4.58. The van der Waals surface area contributed by atoms with Crippen molar-refractivity contribution >= 4 is 5.95 Å². The van der Waals surface area contributed by atoms with E-state index in [1.807, 2.05) is 18.1 Å². The zero-order valence-corrected chi connectivity index (χ0v) is 10.3. The number of aromatic nitrogens is 2. The highest BCUT2D eigenvalue weighted by Crippen LogP contribution is 2.19. The molecule has 0 radical (unpaired) electrons. The van der Waals surface area contributed by atoms with Gasteiger partial charge in [-0.3, -0.25) is 0 Å². The van der Waals surface area contributed by atoms with Crippen molar-refractivity contribution in [3.63, 3.8) is 0 Å². The van der Waals surface area contributed by atoms with Crippen LogP contribution in [0.5, 0.6) is 0 Å². The van der Waals surface area contributed by atoms with Crippen LogP contribution in [0, 0.1) is 6.92 Å². The van der Waals surface area contributed by atoms with Gasteiger partial charge in [-0.05, 0) is 26.7 Å². The predicted octanol–water partition coefficient (Wildman–Crippen LogP) is 1.49. The molecule has 0 unspecified atom stereocenters. The van der Waals surface area contributed by atoms with Crippen LogP contribution < -0.4 is 10.2 Å². The molecule has 4 heteroatoms. The van der Waals surface area contributed by atoms with E-state index in [1.54, 1.807) is 0 Å². The van der Waals surface area contributed by atoms with Crippen molar-refractivity contribution in [2.45, 2.75) is 39.3 Å². The van der Waals surface area contributed by atoms with E-state index >= 15 is 0 Å². The normalized spacial score (nSPS) is 15.2. The molecule has 0 aromatic carbocycles. The molecule has 0 bridgehead atoms. The molecule has 0 spiro atoms. The smallest absolute Gasteiger partial charge is 0.225 e. The van der Waals surface area contributed by atoms with E-state index < -0.39 is 0 Å². The third-order valence-corrected chi connectivity index (χ3v) is 3.04. The van der Waals surface area contributed by atoms with Crippen LogP contribution in [0.15, 0.2) is 6.20 Å². The molecule has 1 aliphatic carbocycles. The first-order chi connectivity index (χ1) is 7.70. The van der Waals surface area contributed by atoms with Gasteiger partial charge in [0.05, 0.1) is 0 Å². The molecule has 0 atom stereocenters. The number of rotatable bonds is 5. The third-order valence-electron chi connectivity index (χ3n) is 3.04. The Labute approximate surface area is 97.1 Å². The fourth-order valence-corrected chi connectivity index (χ4v) is 1.52. The number of anilines is 1. The highest BCUT2D eigenvalue weighted by molar-refractivity contribution is 5.31. The standard InChI is InChI=1S/C12H20N4/c1-4-16(3)12-14-8-10(9(2)15-12)7-13-11-5-6-11/h8,11,13H,4-7H2,1-3H3. The van der Waals surface area contributed by atoms with Crippen molar-refractivity contribution in [1.29, 1.82) is 0 Å². The summed E-state index contributed by atoms with van der Waals surface area (Å²) in [6.45, 7) is 5.98. The van der Waals surface area contributed by atoms with Gasteiger partial charge in [0.2, 0.25) is 5.95 Å².